The average Bonchev–Trinajstić information content (AvgIpc) is 3.24. The van der Waals surface area contributed by atoms with Crippen LogP contribution in [0.1, 0.15) is 38.3 Å². The number of nitrogens with zero attached hydrogens (tertiary/aromatic N) is 3. The first-order valence-electron chi connectivity index (χ1n) is 7.17. The fourth-order valence-electron chi connectivity index (χ4n) is 2.55. The first kappa shape index (κ1) is 11.9. The van der Waals surface area contributed by atoms with Gasteiger partial charge in [0.2, 0.25) is 0 Å². The molecule has 0 unspecified atom stereocenters. The van der Waals surface area contributed by atoms with Gasteiger partial charge in [-0.25, -0.2) is 4.98 Å². The van der Waals surface area contributed by atoms with E-state index in [0.29, 0.717) is 0 Å². The second kappa shape index (κ2) is 5.22. The summed E-state index contributed by atoms with van der Waals surface area (Å²) in [5, 5.41) is 3.72. The molecule has 2 fully saturated rings. The molecule has 0 spiro atoms. The molecule has 1 saturated carbocycles. The van der Waals surface area contributed by atoms with Gasteiger partial charge in [-0.15, -0.1) is 0 Å². The Morgan fingerprint density at radius 2 is 1.83 bits per heavy atom. The minimum atomic E-state index is 0.719. The predicted molar refractivity (Wildman–Crippen MR) is 72.8 cm³/mol. The topological polar surface area (TPSA) is 41.1 Å². The molecule has 0 atom stereocenters. The molecule has 2 heterocycles. The molecular formula is C14H22N4. The van der Waals surface area contributed by atoms with Gasteiger partial charge in [0, 0.05) is 25.2 Å². The Morgan fingerprint density at radius 3 is 2.39 bits per heavy atom. The molecule has 18 heavy (non-hydrogen) atoms. The van der Waals surface area contributed by atoms with Crippen LogP contribution in [0.5, 0.6) is 0 Å². The molecule has 98 valence electrons. The number of aryl methyl sites for hydroxylation is 1. The molecule has 1 saturated heterocycles. The molecule has 4 heteroatoms. The van der Waals surface area contributed by atoms with Crippen molar-refractivity contribution >= 4 is 5.82 Å². The number of rotatable bonds is 4. The number of aromatic nitrogens is 2. The highest BCUT2D eigenvalue weighted by molar-refractivity contribution is 5.36. The van der Waals surface area contributed by atoms with E-state index in [1.54, 1.807) is 0 Å². The molecule has 1 aliphatic heterocycles. The zero-order valence-corrected chi connectivity index (χ0v) is 11.1. The van der Waals surface area contributed by atoms with E-state index in [4.69, 9.17) is 0 Å². The van der Waals surface area contributed by atoms with Crippen molar-refractivity contribution in [3.05, 3.63) is 18.1 Å². The lowest BCUT2D eigenvalue weighted by Crippen LogP contribution is -2.43. The standard InChI is InChI=1S/C14H22N4/c1-2-11-9-16-14(10-15-11)18-7-5-13(6-8-18)17-12-3-4-12/h9-10,12-13,17H,2-8H2,1H3. The first-order valence-corrected chi connectivity index (χ1v) is 7.17. The maximum absolute atomic E-state index is 4.51. The van der Waals surface area contributed by atoms with Crippen LogP contribution < -0.4 is 10.2 Å². The normalized spacial score (nSPS) is 21.3. The van der Waals surface area contributed by atoms with Crippen molar-refractivity contribution in [3.63, 3.8) is 0 Å². The maximum atomic E-state index is 4.51. The zero-order chi connectivity index (χ0) is 12.4. The monoisotopic (exact) mass is 246 g/mol. The minimum absolute atomic E-state index is 0.719. The van der Waals surface area contributed by atoms with Crippen molar-refractivity contribution in [2.45, 2.75) is 51.1 Å². The highest BCUT2D eigenvalue weighted by Crippen LogP contribution is 2.23. The minimum Gasteiger partial charge on any atom is -0.355 e. The van der Waals surface area contributed by atoms with Crippen molar-refractivity contribution in [3.8, 4) is 0 Å². The van der Waals surface area contributed by atoms with Gasteiger partial charge in [0.25, 0.3) is 0 Å². The van der Waals surface area contributed by atoms with Crippen LogP contribution in [0.4, 0.5) is 5.82 Å². The van der Waals surface area contributed by atoms with Gasteiger partial charge in [-0.1, -0.05) is 6.92 Å². The van der Waals surface area contributed by atoms with Crippen LogP contribution in [0.2, 0.25) is 0 Å². The number of anilines is 1. The highest BCUT2D eigenvalue weighted by atomic mass is 15.2. The van der Waals surface area contributed by atoms with Gasteiger partial charge in [0.1, 0.15) is 5.82 Å². The molecular weight excluding hydrogens is 224 g/mol. The van der Waals surface area contributed by atoms with Crippen LogP contribution in [0.25, 0.3) is 0 Å². The number of hydrogen-bond donors (Lipinski definition) is 1. The van der Waals surface area contributed by atoms with Crippen LogP contribution in [0.3, 0.4) is 0 Å². The third-order valence-corrected chi connectivity index (χ3v) is 3.92. The highest BCUT2D eigenvalue weighted by Gasteiger charge is 2.27. The van der Waals surface area contributed by atoms with E-state index in [-0.39, 0.29) is 0 Å². The van der Waals surface area contributed by atoms with E-state index in [9.17, 15) is 0 Å². The number of piperidine rings is 1. The summed E-state index contributed by atoms with van der Waals surface area (Å²) in [6.45, 7) is 4.31. The molecule has 1 aromatic rings. The lowest BCUT2D eigenvalue weighted by molar-refractivity contribution is 0.411. The summed E-state index contributed by atoms with van der Waals surface area (Å²) in [6.07, 6.45) is 10.0. The van der Waals surface area contributed by atoms with Gasteiger partial charge in [-0.2, -0.15) is 0 Å². The third kappa shape index (κ3) is 2.80. The smallest absolute Gasteiger partial charge is 0.147 e. The number of hydrogen-bond acceptors (Lipinski definition) is 4. The summed E-state index contributed by atoms with van der Waals surface area (Å²) < 4.78 is 0. The van der Waals surface area contributed by atoms with Gasteiger partial charge in [0.15, 0.2) is 0 Å². The Morgan fingerprint density at radius 1 is 1.11 bits per heavy atom. The van der Waals surface area contributed by atoms with Crippen molar-refractivity contribution in [1.29, 1.82) is 0 Å². The molecule has 1 aliphatic carbocycles. The molecule has 1 aromatic heterocycles. The summed E-state index contributed by atoms with van der Waals surface area (Å²) in [5.74, 6) is 1.04. The van der Waals surface area contributed by atoms with E-state index in [2.05, 4.69) is 27.1 Å². The van der Waals surface area contributed by atoms with Crippen LogP contribution in [0.15, 0.2) is 12.4 Å². The van der Waals surface area contributed by atoms with Crippen molar-refractivity contribution in [1.82, 2.24) is 15.3 Å². The Hall–Kier alpha value is -1.16. The fourth-order valence-corrected chi connectivity index (χ4v) is 2.55. The quantitative estimate of drug-likeness (QED) is 0.879. The molecule has 0 bridgehead atoms. The Labute approximate surface area is 109 Å². The summed E-state index contributed by atoms with van der Waals surface area (Å²) in [5.41, 5.74) is 1.07. The van der Waals surface area contributed by atoms with E-state index in [1.807, 2.05) is 12.4 Å². The summed E-state index contributed by atoms with van der Waals surface area (Å²) in [6, 6.07) is 1.54. The molecule has 0 aromatic carbocycles. The molecule has 4 nitrogen and oxygen atoms in total. The summed E-state index contributed by atoms with van der Waals surface area (Å²) in [4.78, 5) is 11.3. The summed E-state index contributed by atoms with van der Waals surface area (Å²) in [7, 11) is 0. The second-order valence-electron chi connectivity index (χ2n) is 5.42. The van der Waals surface area contributed by atoms with Gasteiger partial charge < -0.3 is 10.2 Å². The van der Waals surface area contributed by atoms with E-state index >= 15 is 0 Å². The van der Waals surface area contributed by atoms with Crippen molar-refractivity contribution in [2.75, 3.05) is 18.0 Å². The van der Waals surface area contributed by atoms with E-state index in [1.165, 1.54) is 25.7 Å². The van der Waals surface area contributed by atoms with Gasteiger partial charge >= 0.3 is 0 Å². The Bertz CT molecular complexity index is 377. The van der Waals surface area contributed by atoms with Gasteiger partial charge in [0.05, 0.1) is 18.1 Å². The van der Waals surface area contributed by atoms with E-state index < -0.39 is 0 Å². The first-order chi connectivity index (χ1) is 8.85. The van der Waals surface area contributed by atoms with Crippen molar-refractivity contribution < 1.29 is 0 Å². The zero-order valence-electron chi connectivity index (χ0n) is 11.1. The van der Waals surface area contributed by atoms with Gasteiger partial charge in [-0.05, 0) is 32.1 Å². The number of nitrogens with one attached hydrogen (secondary N) is 1. The molecule has 2 aliphatic rings. The van der Waals surface area contributed by atoms with Gasteiger partial charge in [-0.3, -0.25) is 4.98 Å². The largest absolute Gasteiger partial charge is 0.355 e. The average molecular weight is 246 g/mol. The molecule has 3 rings (SSSR count). The lowest BCUT2D eigenvalue weighted by atomic mass is 10.1. The Balaban J connectivity index is 1.54. The fraction of sp³-hybridized carbons (Fsp3) is 0.714. The SMILES string of the molecule is CCc1cnc(N2CCC(NC3CC3)CC2)cn1. The second-order valence-corrected chi connectivity index (χ2v) is 5.42. The Kier molecular flexibility index (Phi) is 3.46. The lowest BCUT2D eigenvalue weighted by Gasteiger charge is -2.33. The molecule has 0 radical (unpaired) electrons. The third-order valence-electron chi connectivity index (χ3n) is 3.92. The van der Waals surface area contributed by atoms with Crippen LogP contribution in [-0.4, -0.2) is 35.1 Å². The molecule has 0 amide bonds. The maximum Gasteiger partial charge on any atom is 0.147 e. The molecule has 1 N–H and O–H groups in total. The summed E-state index contributed by atoms with van der Waals surface area (Å²) >= 11 is 0. The van der Waals surface area contributed by atoms with Crippen LogP contribution in [0, 0.1) is 0 Å². The van der Waals surface area contributed by atoms with Crippen LogP contribution >= 0.6 is 0 Å². The van der Waals surface area contributed by atoms with Crippen molar-refractivity contribution in [2.24, 2.45) is 0 Å². The predicted octanol–water partition coefficient (Wildman–Crippen LogP) is 1.76. The van der Waals surface area contributed by atoms with E-state index in [0.717, 1.165) is 43.1 Å². The van der Waals surface area contributed by atoms with Crippen LogP contribution in [-0.2, 0) is 6.42 Å².